The number of aromatic nitrogens is 2. The van der Waals surface area contributed by atoms with Crippen LogP contribution in [0.4, 0.5) is 5.69 Å². The molecule has 2 heterocycles. The highest BCUT2D eigenvalue weighted by molar-refractivity contribution is 6.32. The first-order chi connectivity index (χ1) is 10.1. The average Bonchev–Trinajstić information content (AvgIpc) is 2.50. The Labute approximate surface area is 126 Å². The molecule has 0 aliphatic rings. The van der Waals surface area contributed by atoms with Crippen LogP contribution in [0.5, 0.6) is 0 Å². The van der Waals surface area contributed by atoms with Gasteiger partial charge < -0.3 is 5.32 Å². The zero-order valence-corrected chi connectivity index (χ0v) is 12.1. The number of benzene rings is 1. The number of hydrogen-bond donors (Lipinski definition) is 1. The van der Waals surface area contributed by atoms with Crippen LogP contribution in [-0.2, 0) is 0 Å². The molecule has 0 saturated carbocycles. The van der Waals surface area contributed by atoms with E-state index in [1.54, 1.807) is 24.5 Å². The lowest BCUT2D eigenvalue weighted by molar-refractivity contribution is 0.102. The number of anilines is 1. The predicted molar refractivity (Wildman–Crippen MR) is 83.7 cm³/mol. The molecule has 0 unspecified atom stereocenters. The molecule has 1 aromatic carbocycles. The van der Waals surface area contributed by atoms with Crippen LogP contribution < -0.4 is 5.32 Å². The molecule has 1 amide bonds. The van der Waals surface area contributed by atoms with Crippen LogP contribution in [0.2, 0.25) is 5.15 Å². The van der Waals surface area contributed by atoms with Gasteiger partial charge in [0.25, 0.3) is 5.91 Å². The summed E-state index contributed by atoms with van der Waals surface area (Å²) < 4.78 is 0. The summed E-state index contributed by atoms with van der Waals surface area (Å²) in [4.78, 5) is 20.8. The topological polar surface area (TPSA) is 54.9 Å². The molecule has 21 heavy (non-hydrogen) atoms. The van der Waals surface area contributed by atoms with Crippen LogP contribution in [-0.4, -0.2) is 15.9 Å². The Bertz CT molecular complexity index is 827. The Morgan fingerprint density at radius 3 is 2.86 bits per heavy atom. The molecule has 5 heteroatoms. The molecular formula is C16H12ClN3O. The Kier molecular flexibility index (Phi) is 3.54. The number of carbonyl (C=O) groups is 1. The number of nitrogens with zero attached hydrogens (tertiary/aromatic N) is 2. The standard InChI is InChI=1S/C16H12ClN3O/c1-10-8-13(15(17)19-9-10)20-16(21)12-6-2-4-11-5-3-7-18-14(11)12/h2-9H,1H3,(H,20,21). The van der Waals surface area contributed by atoms with E-state index in [-0.39, 0.29) is 11.1 Å². The molecule has 0 aliphatic heterocycles. The molecule has 3 aromatic rings. The van der Waals surface area contributed by atoms with E-state index in [4.69, 9.17) is 11.6 Å². The summed E-state index contributed by atoms with van der Waals surface area (Å²) in [7, 11) is 0. The molecule has 1 N–H and O–H groups in total. The van der Waals surface area contributed by atoms with Crippen molar-refractivity contribution in [1.82, 2.24) is 9.97 Å². The first-order valence-corrected chi connectivity index (χ1v) is 6.80. The number of pyridine rings is 2. The third-order valence-electron chi connectivity index (χ3n) is 3.10. The molecule has 0 radical (unpaired) electrons. The normalized spacial score (nSPS) is 10.6. The molecule has 0 spiro atoms. The molecule has 0 bridgehead atoms. The summed E-state index contributed by atoms with van der Waals surface area (Å²) in [5.41, 5.74) is 2.58. The van der Waals surface area contributed by atoms with Crippen molar-refractivity contribution in [2.45, 2.75) is 6.92 Å². The van der Waals surface area contributed by atoms with Crippen molar-refractivity contribution in [2.24, 2.45) is 0 Å². The van der Waals surface area contributed by atoms with Gasteiger partial charge in [0.1, 0.15) is 0 Å². The van der Waals surface area contributed by atoms with E-state index < -0.39 is 0 Å². The third kappa shape index (κ3) is 2.71. The van der Waals surface area contributed by atoms with E-state index in [2.05, 4.69) is 15.3 Å². The highest BCUT2D eigenvalue weighted by Crippen LogP contribution is 2.22. The fourth-order valence-electron chi connectivity index (χ4n) is 2.12. The Morgan fingerprint density at radius 1 is 1.19 bits per heavy atom. The number of rotatable bonds is 2. The summed E-state index contributed by atoms with van der Waals surface area (Å²) in [6.07, 6.45) is 3.32. The van der Waals surface area contributed by atoms with Gasteiger partial charge >= 0.3 is 0 Å². The smallest absolute Gasteiger partial charge is 0.257 e. The number of nitrogens with one attached hydrogen (secondary N) is 1. The maximum absolute atomic E-state index is 12.5. The predicted octanol–water partition coefficient (Wildman–Crippen LogP) is 3.84. The summed E-state index contributed by atoms with van der Waals surface area (Å²) in [6, 6.07) is 11.0. The third-order valence-corrected chi connectivity index (χ3v) is 3.40. The lowest BCUT2D eigenvalue weighted by Gasteiger charge is -2.09. The van der Waals surface area contributed by atoms with Crippen molar-refractivity contribution in [2.75, 3.05) is 5.32 Å². The van der Waals surface area contributed by atoms with Gasteiger partial charge in [-0.1, -0.05) is 29.8 Å². The lowest BCUT2D eigenvalue weighted by atomic mass is 10.1. The van der Waals surface area contributed by atoms with Gasteiger partial charge in [0.05, 0.1) is 16.8 Å². The van der Waals surface area contributed by atoms with E-state index in [9.17, 15) is 4.79 Å². The molecular weight excluding hydrogens is 286 g/mol. The summed E-state index contributed by atoms with van der Waals surface area (Å²) in [5, 5.41) is 3.97. The maximum Gasteiger partial charge on any atom is 0.257 e. The maximum atomic E-state index is 12.5. The highest BCUT2D eigenvalue weighted by Gasteiger charge is 2.13. The van der Waals surface area contributed by atoms with Crippen LogP contribution in [0.15, 0.2) is 48.8 Å². The summed E-state index contributed by atoms with van der Waals surface area (Å²) in [6.45, 7) is 1.89. The molecule has 104 valence electrons. The van der Waals surface area contributed by atoms with E-state index in [1.165, 1.54) is 0 Å². The average molecular weight is 298 g/mol. The number of para-hydroxylation sites is 1. The van der Waals surface area contributed by atoms with Crippen LogP contribution in [0.3, 0.4) is 0 Å². The van der Waals surface area contributed by atoms with Crippen molar-refractivity contribution < 1.29 is 4.79 Å². The fourth-order valence-corrected chi connectivity index (χ4v) is 2.27. The molecule has 0 aliphatic carbocycles. The van der Waals surface area contributed by atoms with E-state index in [0.717, 1.165) is 10.9 Å². The minimum Gasteiger partial charge on any atom is -0.319 e. The van der Waals surface area contributed by atoms with Crippen LogP contribution in [0, 0.1) is 6.92 Å². The molecule has 0 atom stereocenters. The SMILES string of the molecule is Cc1cnc(Cl)c(NC(=O)c2cccc3cccnc23)c1. The van der Waals surface area contributed by atoms with Gasteiger partial charge in [0, 0.05) is 17.8 Å². The monoisotopic (exact) mass is 297 g/mol. The van der Waals surface area contributed by atoms with Crippen LogP contribution >= 0.6 is 11.6 Å². The highest BCUT2D eigenvalue weighted by atomic mass is 35.5. The van der Waals surface area contributed by atoms with Crippen LogP contribution in [0.25, 0.3) is 10.9 Å². The molecule has 2 aromatic heterocycles. The molecule has 0 fully saturated rings. The van der Waals surface area contributed by atoms with Gasteiger partial charge in [-0.2, -0.15) is 0 Å². The van der Waals surface area contributed by atoms with Crippen molar-refractivity contribution >= 4 is 34.1 Å². The fraction of sp³-hybridized carbons (Fsp3) is 0.0625. The second kappa shape index (κ2) is 5.50. The second-order valence-corrected chi connectivity index (χ2v) is 5.04. The van der Waals surface area contributed by atoms with Gasteiger partial charge in [-0.05, 0) is 30.7 Å². The van der Waals surface area contributed by atoms with Crippen molar-refractivity contribution in [3.63, 3.8) is 0 Å². The molecule has 3 rings (SSSR count). The van der Waals surface area contributed by atoms with E-state index >= 15 is 0 Å². The number of fused-ring (bicyclic) bond motifs is 1. The summed E-state index contributed by atoms with van der Waals surface area (Å²) >= 11 is 6.00. The number of hydrogen-bond acceptors (Lipinski definition) is 3. The first kappa shape index (κ1) is 13.5. The zero-order valence-electron chi connectivity index (χ0n) is 11.3. The van der Waals surface area contributed by atoms with Gasteiger partial charge in [-0.15, -0.1) is 0 Å². The molecule has 4 nitrogen and oxygen atoms in total. The van der Waals surface area contributed by atoms with Gasteiger partial charge in [-0.25, -0.2) is 4.98 Å². The van der Waals surface area contributed by atoms with Gasteiger partial charge in [0.15, 0.2) is 5.15 Å². The first-order valence-electron chi connectivity index (χ1n) is 6.42. The van der Waals surface area contributed by atoms with E-state index in [0.29, 0.717) is 16.8 Å². The number of amides is 1. The van der Waals surface area contributed by atoms with Crippen molar-refractivity contribution in [3.8, 4) is 0 Å². The Balaban J connectivity index is 1.99. The second-order valence-electron chi connectivity index (χ2n) is 4.69. The lowest BCUT2D eigenvalue weighted by Crippen LogP contribution is -2.13. The number of halogens is 1. The van der Waals surface area contributed by atoms with Crippen molar-refractivity contribution in [1.29, 1.82) is 0 Å². The largest absolute Gasteiger partial charge is 0.319 e. The van der Waals surface area contributed by atoms with Crippen molar-refractivity contribution in [3.05, 3.63) is 65.1 Å². The van der Waals surface area contributed by atoms with Gasteiger partial charge in [-0.3, -0.25) is 9.78 Å². The Morgan fingerprint density at radius 2 is 2.00 bits per heavy atom. The number of carbonyl (C=O) groups excluding carboxylic acids is 1. The number of aryl methyl sites for hydroxylation is 1. The molecule has 0 saturated heterocycles. The minimum atomic E-state index is -0.256. The zero-order chi connectivity index (χ0) is 14.8. The summed E-state index contributed by atoms with van der Waals surface area (Å²) in [5.74, 6) is -0.256. The minimum absolute atomic E-state index is 0.256. The van der Waals surface area contributed by atoms with Crippen LogP contribution in [0.1, 0.15) is 15.9 Å². The quantitative estimate of drug-likeness (QED) is 0.731. The van der Waals surface area contributed by atoms with Gasteiger partial charge in [0.2, 0.25) is 0 Å². The Hall–Kier alpha value is -2.46. The van der Waals surface area contributed by atoms with E-state index in [1.807, 2.05) is 31.2 Å².